The lowest BCUT2D eigenvalue weighted by Crippen LogP contribution is -2.55. The van der Waals surface area contributed by atoms with E-state index in [1.54, 1.807) is 24.1 Å². The maximum Gasteiger partial charge on any atom is 0.434 e. The summed E-state index contributed by atoms with van der Waals surface area (Å²) in [5.74, 6) is -1.96. The highest BCUT2D eigenvalue weighted by Crippen LogP contribution is 2.50. The van der Waals surface area contributed by atoms with Crippen LogP contribution in [0.15, 0.2) is 24.4 Å². The van der Waals surface area contributed by atoms with Crippen molar-refractivity contribution >= 4 is 23.5 Å². The third-order valence-electron chi connectivity index (χ3n) is 7.98. The number of nitrogens with zero attached hydrogens (tertiary/aromatic N) is 3. The van der Waals surface area contributed by atoms with Gasteiger partial charge in [0.2, 0.25) is 5.95 Å². The van der Waals surface area contributed by atoms with Crippen LogP contribution < -0.4 is 15.0 Å². The van der Waals surface area contributed by atoms with Crippen LogP contribution in [0.2, 0.25) is 0 Å². The number of halogens is 3. The van der Waals surface area contributed by atoms with E-state index in [0.29, 0.717) is 56.9 Å². The number of ether oxygens (including phenoxy) is 2. The number of carbonyl (C=O) groups is 2. The lowest BCUT2D eigenvalue weighted by Gasteiger charge is -2.34. The van der Waals surface area contributed by atoms with Gasteiger partial charge in [-0.05, 0) is 49.4 Å². The van der Waals surface area contributed by atoms with Crippen LogP contribution in [-0.2, 0) is 21.1 Å². The fourth-order valence-electron chi connectivity index (χ4n) is 5.86. The topological polar surface area (TPSA) is 114 Å². The summed E-state index contributed by atoms with van der Waals surface area (Å²) in [6.07, 6.45) is -0.569. The van der Waals surface area contributed by atoms with Crippen molar-refractivity contribution in [3.8, 4) is 5.75 Å². The first-order chi connectivity index (χ1) is 18.1. The van der Waals surface area contributed by atoms with Crippen LogP contribution in [0.4, 0.5) is 24.8 Å². The molecular weight excluding hydrogens is 505 g/mol. The number of alkyl halides is 3. The van der Waals surface area contributed by atoms with Crippen molar-refractivity contribution in [2.75, 3.05) is 31.8 Å². The van der Waals surface area contributed by atoms with Crippen molar-refractivity contribution in [3.05, 3.63) is 41.2 Å². The molecule has 5 rings (SSSR count). The number of carboxylic acid groups (broad SMARTS) is 1. The zero-order valence-corrected chi connectivity index (χ0v) is 20.9. The van der Waals surface area contributed by atoms with E-state index in [2.05, 4.69) is 15.3 Å². The largest absolute Gasteiger partial charge is 0.497 e. The first-order valence-electron chi connectivity index (χ1n) is 12.6. The van der Waals surface area contributed by atoms with Crippen molar-refractivity contribution < 1.29 is 37.3 Å². The molecule has 0 radical (unpaired) electrons. The monoisotopic (exact) mass is 534 g/mol. The number of fused-ring (bicyclic) bond motifs is 2. The highest BCUT2D eigenvalue weighted by molar-refractivity contribution is 5.98. The number of carboxylic acids is 1. The molecule has 3 heterocycles. The highest BCUT2D eigenvalue weighted by atomic mass is 19.4. The Labute approximate surface area is 217 Å². The number of hydrogen-bond acceptors (Lipinski definition) is 7. The summed E-state index contributed by atoms with van der Waals surface area (Å²) in [4.78, 5) is 34.7. The third-order valence-corrected chi connectivity index (χ3v) is 7.98. The van der Waals surface area contributed by atoms with Crippen LogP contribution in [-0.4, -0.2) is 59.4 Å². The van der Waals surface area contributed by atoms with Crippen molar-refractivity contribution in [2.24, 2.45) is 0 Å². The second-order valence-electron chi connectivity index (χ2n) is 10.2. The number of anilines is 2. The molecule has 0 atom stereocenters. The second-order valence-corrected chi connectivity index (χ2v) is 10.2. The highest BCUT2D eigenvalue weighted by Gasteiger charge is 2.47. The van der Waals surface area contributed by atoms with E-state index in [0.717, 1.165) is 18.2 Å². The third kappa shape index (κ3) is 4.55. The summed E-state index contributed by atoms with van der Waals surface area (Å²) in [5.41, 5.74) is -2.58. The van der Waals surface area contributed by atoms with Gasteiger partial charge in [0.15, 0.2) is 5.69 Å². The van der Waals surface area contributed by atoms with Gasteiger partial charge in [0.25, 0.3) is 5.91 Å². The lowest BCUT2D eigenvalue weighted by atomic mass is 9.76. The summed E-state index contributed by atoms with van der Waals surface area (Å²) in [6.45, 7) is 1.39. The van der Waals surface area contributed by atoms with Crippen LogP contribution in [0.25, 0.3) is 0 Å². The van der Waals surface area contributed by atoms with Crippen LogP contribution in [0.3, 0.4) is 0 Å². The fourth-order valence-corrected chi connectivity index (χ4v) is 5.86. The molecule has 1 aromatic heterocycles. The Bertz CT molecular complexity index is 1240. The predicted octanol–water partition coefficient (Wildman–Crippen LogP) is 4.22. The van der Waals surface area contributed by atoms with E-state index in [1.165, 1.54) is 0 Å². The molecule has 1 aromatic carbocycles. The Balaban J connectivity index is 1.53. The van der Waals surface area contributed by atoms with Gasteiger partial charge in [0.05, 0.1) is 12.7 Å². The van der Waals surface area contributed by atoms with E-state index >= 15 is 0 Å². The number of methoxy groups -OCH3 is 1. The van der Waals surface area contributed by atoms with E-state index < -0.39 is 34.8 Å². The second kappa shape index (κ2) is 9.72. The van der Waals surface area contributed by atoms with Gasteiger partial charge in [-0.2, -0.15) is 13.2 Å². The van der Waals surface area contributed by atoms with Gasteiger partial charge >= 0.3 is 12.1 Å². The molecule has 1 spiro atoms. The minimum absolute atomic E-state index is 0.147. The van der Waals surface area contributed by atoms with Gasteiger partial charge in [0.1, 0.15) is 11.3 Å². The Morgan fingerprint density at radius 3 is 2.47 bits per heavy atom. The smallest absolute Gasteiger partial charge is 0.434 e. The SMILES string of the molecule is COc1ccc2c(c1)C1(CCOCC1)CN2c1ncc(C(=O)NC2(C(=O)O)CCCCC2)c(C(F)(F)F)n1. The van der Waals surface area contributed by atoms with Gasteiger partial charge in [-0.1, -0.05) is 19.3 Å². The molecule has 0 unspecified atom stereocenters. The number of rotatable bonds is 5. The van der Waals surface area contributed by atoms with Crippen molar-refractivity contribution in [1.82, 2.24) is 15.3 Å². The number of carbonyl (C=O) groups excluding carboxylic acids is 1. The van der Waals surface area contributed by atoms with E-state index in [-0.39, 0.29) is 24.2 Å². The molecule has 1 aliphatic carbocycles. The van der Waals surface area contributed by atoms with Gasteiger partial charge in [-0.25, -0.2) is 14.8 Å². The molecule has 1 amide bonds. The molecule has 1 saturated heterocycles. The normalized spacial score (nSPS) is 20.2. The van der Waals surface area contributed by atoms with Crippen LogP contribution in [0.5, 0.6) is 5.75 Å². The maximum atomic E-state index is 14.2. The number of amides is 1. The quantitative estimate of drug-likeness (QED) is 0.586. The number of aliphatic carboxylic acids is 1. The average molecular weight is 535 g/mol. The van der Waals surface area contributed by atoms with Crippen LogP contribution in [0, 0.1) is 0 Å². The molecule has 204 valence electrons. The Morgan fingerprint density at radius 1 is 1.13 bits per heavy atom. The van der Waals surface area contributed by atoms with E-state index in [9.17, 15) is 27.9 Å². The van der Waals surface area contributed by atoms with Gasteiger partial charge in [-0.15, -0.1) is 0 Å². The first kappa shape index (κ1) is 26.2. The fraction of sp³-hybridized carbons (Fsp3) is 0.538. The van der Waals surface area contributed by atoms with Gasteiger partial charge in [0, 0.05) is 37.1 Å². The standard InChI is InChI=1S/C26H29F3N4O5/c1-37-16-5-6-19-18(13-16)24(9-11-38-12-10-24)15-33(19)23-30-14-17(20(31-23)26(27,28)29)21(34)32-25(22(35)36)7-3-2-4-8-25/h5-6,13-14H,2-4,7-12,15H2,1H3,(H,32,34)(H,35,36). The Kier molecular flexibility index (Phi) is 6.70. The molecule has 1 saturated carbocycles. The molecule has 2 aromatic rings. The minimum atomic E-state index is -4.97. The number of aromatic nitrogens is 2. The number of benzene rings is 1. The molecule has 0 bridgehead atoms. The molecule has 2 aliphatic heterocycles. The summed E-state index contributed by atoms with van der Waals surface area (Å²) in [6, 6.07) is 5.39. The molecule has 38 heavy (non-hydrogen) atoms. The number of nitrogens with one attached hydrogen (secondary N) is 1. The zero-order chi connectivity index (χ0) is 27.1. The van der Waals surface area contributed by atoms with Gasteiger partial charge in [-0.3, -0.25) is 4.79 Å². The molecule has 9 nitrogen and oxygen atoms in total. The molecular formula is C26H29F3N4O5. The van der Waals surface area contributed by atoms with Crippen molar-refractivity contribution in [2.45, 2.75) is 62.1 Å². The predicted molar refractivity (Wildman–Crippen MR) is 130 cm³/mol. The minimum Gasteiger partial charge on any atom is -0.497 e. The summed E-state index contributed by atoms with van der Waals surface area (Å²) in [5, 5.41) is 12.1. The number of hydrogen-bond donors (Lipinski definition) is 2. The summed E-state index contributed by atoms with van der Waals surface area (Å²) < 4.78 is 53.6. The van der Waals surface area contributed by atoms with Gasteiger partial charge < -0.3 is 24.8 Å². The maximum absolute atomic E-state index is 14.2. The Morgan fingerprint density at radius 2 is 1.84 bits per heavy atom. The van der Waals surface area contributed by atoms with Crippen LogP contribution in [0.1, 0.15) is 66.6 Å². The van der Waals surface area contributed by atoms with E-state index in [4.69, 9.17) is 9.47 Å². The lowest BCUT2D eigenvalue weighted by molar-refractivity contribution is -0.145. The average Bonchev–Trinajstić information content (AvgIpc) is 3.21. The summed E-state index contributed by atoms with van der Waals surface area (Å²) in [7, 11) is 1.55. The molecule has 3 aliphatic rings. The van der Waals surface area contributed by atoms with Crippen molar-refractivity contribution in [3.63, 3.8) is 0 Å². The molecule has 2 N–H and O–H groups in total. The molecule has 12 heteroatoms. The molecule has 2 fully saturated rings. The van der Waals surface area contributed by atoms with Crippen LogP contribution >= 0.6 is 0 Å². The van der Waals surface area contributed by atoms with E-state index in [1.807, 2.05) is 6.07 Å². The Hall–Kier alpha value is -3.41. The summed E-state index contributed by atoms with van der Waals surface area (Å²) >= 11 is 0. The zero-order valence-electron chi connectivity index (χ0n) is 20.9. The van der Waals surface area contributed by atoms with Crippen molar-refractivity contribution in [1.29, 1.82) is 0 Å². The first-order valence-corrected chi connectivity index (χ1v) is 12.6.